The number of imidazole rings is 1. The first kappa shape index (κ1) is 15.7. The molecule has 1 atom stereocenters. The van der Waals surface area contributed by atoms with Crippen LogP contribution in [0.1, 0.15) is 26.1 Å². The Morgan fingerprint density at radius 3 is 2.74 bits per heavy atom. The second kappa shape index (κ2) is 7.25. The Bertz CT molecular complexity index is 401. The number of nitrogens with one attached hydrogen (secondary N) is 1. The van der Waals surface area contributed by atoms with Gasteiger partial charge in [-0.1, -0.05) is 13.8 Å². The molecule has 1 rings (SSSR count). The number of nitrogens with two attached hydrogens (primary N) is 1. The largest absolute Gasteiger partial charge is 0.368 e. The van der Waals surface area contributed by atoms with E-state index in [1.165, 1.54) is 0 Å². The van der Waals surface area contributed by atoms with Gasteiger partial charge in [0, 0.05) is 32.0 Å². The van der Waals surface area contributed by atoms with Gasteiger partial charge in [-0.15, -0.1) is 0 Å². The first-order chi connectivity index (χ1) is 8.90. The van der Waals surface area contributed by atoms with E-state index in [2.05, 4.69) is 15.2 Å². The van der Waals surface area contributed by atoms with Crippen LogP contribution in [0.15, 0.2) is 12.4 Å². The molecule has 0 saturated carbocycles. The van der Waals surface area contributed by atoms with E-state index in [1.54, 1.807) is 6.20 Å². The maximum atomic E-state index is 11.3. The molecular formula is C13H25N5O. The molecule has 1 aromatic rings. The molecule has 108 valence electrons. The fraction of sp³-hybridized carbons (Fsp3) is 0.692. The fourth-order valence-corrected chi connectivity index (χ4v) is 1.93. The number of carbonyl (C=O) groups is 1. The van der Waals surface area contributed by atoms with E-state index in [0.717, 1.165) is 18.9 Å². The fourth-order valence-electron chi connectivity index (χ4n) is 1.93. The van der Waals surface area contributed by atoms with Gasteiger partial charge in [-0.3, -0.25) is 9.69 Å². The number of amides is 1. The van der Waals surface area contributed by atoms with Crippen molar-refractivity contribution in [1.29, 1.82) is 0 Å². The van der Waals surface area contributed by atoms with E-state index in [1.807, 2.05) is 38.7 Å². The predicted octanol–water partition coefficient (Wildman–Crippen LogP) is 0.0939. The van der Waals surface area contributed by atoms with Crippen LogP contribution in [0.4, 0.5) is 0 Å². The van der Waals surface area contributed by atoms with Gasteiger partial charge in [-0.05, 0) is 13.5 Å². The van der Waals surface area contributed by atoms with Crippen LogP contribution >= 0.6 is 0 Å². The Hall–Kier alpha value is -1.40. The molecule has 6 nitrogen and oxygen atoms in total. The molecule has 19 heavy (non-hydrogen) atoms. The molecule has 1 unspecified atom stereocenters. The van der Waals surface area contributed by atoms with Crippen LogP contribution in [-0.2, 0) is 18.4 Å². The standard InChI is InChI=1S/C13H25N5O/c1-10(2)16-11(13(14)19)5-7-17(3)9-12-15-6-8-18(12)4/h6,8,10-11,16H,5,7,9H2,1-4H3,(H2,14,19). The number of hydrogen-bond donors (Lipinski definition) is 2. The van der Waals surface area contributed by atoms with Crippen molar-refractivity contribution >= 4 is 5.91 Å². The maximum Gasteiger partial charge on any atom is 0.234 e. The third-order valence-corrected chi connectivity index (χ3v) is 3.01. The van der Waals surface area contributed by atoms with Crippen molar-refractivity contribution in [2.24, 2.45) is 12.8 Å². The quantitative estimate of drug-likeness (QED) is 0.700. The zero-order valence-corrected chi connectivity index (χ0v) is 12.3. The molecule has 6 heteroatoms. The number of carbonyl (C=O) groups excluding carboxylic acids is 1. The number of aromatic nitrogens is 2. The molecule has 0 aliphatic rings. The minimum Gasteiger partial charge on any atom is -0.368 e. The maximum absolute atomic E-state index is 11.3. The average Bonchev–Trinajstić information content (AvgIpc) is 2.69. The Labute approximate surface area is 115 Å². The number of rotatable bonds is 8. The topological polar surface area (TPSA) is 76.2 Å². The lowest BCUT2D eigenvalue weighted by Gasteiger charge is -2.22. The summed E-state index contributed by atoms with van der Waals surface area (Å²) >= 11 is 0. The molecule has 3 N–H and O–H groups in total. The minimum atomic E-state index is -0.293. The Kier molecular flexibility index (Phi) is 5.98. The van der Waals surface area contributed by atoms with E-state index in [9.17, 15) is 4.79 Å². The van der Waals surface area contributed by atoms with Gasteiger partial charge in [-0.2, -0.15) is 0 Å². The molecular weight excluding hydrogens is 242 g/mol. The van der Waals surface area contributed by atoms with Crippen LogP contribution < -0.4 is 11.1 Å². The summed E-state index contributed by atoms with van der Waals surface area (Å²) in [6, 6.07) is -0.0267. The van der Waals surface area contributed by atoms with Gasteiger partial charge in [0.2, 0.25) is 5.91 Å². The summed E-state index contributed by atoms with van der Waals surface area (Å²) in [4.78, 5) is 17.8. The Morgan fingerprint density at radius 1 is 1.58 bits per heavy atom. The van der Waals surface area contributed by atoms with Crippen molar-refractivity contribution < 1.29 is 4.79 Å². The number of primary amides is 1. The highest BCUT2D eigenvalue weighted by Crippen LogP contribution is 2.02. The summed E-state index contributed by atoms with van der Waals surface area (Å²) in [5.74, 6) is 0.717. The van der Waals surface area contributed by atoms with Gasteiger partial charge in [0.1, 0.15) is 5.82 Å². The summed E-state index contributed by atoms with van der Waals surface area (Å²) in [5.41, 5.74) is 5.39. The van der Waals surface area contributed by atoms with Crippen LogP contribution in [0, 0.1) is 0 Å². The second-order valence-corrected chi connectivity index (χ2v) is 5.26. The third kappa shape index (κ3) is 5.40. The van der Waals surface area contributed by atoms with Gasteiger partial charge >= 0.3 is 0 Å². The second-order valence-electron chi connectivity index (χ2n) is 5.26. The van der Waals surface area contributed by atoms with Crippen LogP contribution in [0.3, 0.4) is 0 Å². The normalized spacial score (nSPS) is 13.2. The van der Waals surface area contributed by atoms with Crippen LogP contribution in [-0.4, -0.2) is 46.0 Å². The molecule has 0 aliphatic heterocycles. The lowest BCUT2D eigenvalue weighted by Crippen LogP contribution is -2.46. The number of aryl methyl sites for hydroxylation is 1. The lowest BCUT2D eigenvalue weighted by atomic mass is 10.1. The monoisotopic (exact) mass is 267 g/mol. The molecule has 0 spiro atoms. The number of hydrogen-bond acceptors (Lipinski definition) is 4. The average molecular weight is 267 g/mol. The van der Waals surface area contributed by atoms with Gasteiger partial charge < -0.3 is 15.6 Å². The summed E-state index contributed by atoms with van der Waals surface area (Å²) in [6.45, 7) is 5.57. The highest BCUT2D eigenvalue weighted by Gasteiger charge is 2.16. The molecule has 0 saturated heterocycles. The third-order valence-electron chi connectivity index (χ3n) is 3.01. The lowest BCUT2D eigenvalue weighted by molar-refractivity contribution is -0.120. The summed E-state index contributed by atoms with van der Waals surface area (Å²) < 4.78 is 1.99. The van der Waals surface area contributed by atoms with Crippen molar-refractivity contribution in [1.82, 2.24) is 19.8 Å². The van der Waals surface area contributed by atoms with Crippen LogP contribution in [0.5, 0.6) is 0 Å². The smallest absolute Gasteiger partial charge is 0.234 e. The first-order valence-corrected chi connectivity index (χ1v) is 6.60. The first-order valence-electron chi connectivity index (χ1n) is 6.60. The van der Waals surface area contributed by atoms with E-state index < -0.39 is 0 Å². The zero-order chi connectivity index (χ0) is 14.4. The van der Waals surface area contributed by atoms with Crippen molar-refractivity contribution in [3.63, 3.8) is 0 Å². The van der Waals surface area contributed by atoms with Crippen molar-refractivity contribution in [3.8, 4) is 0 Å². The molecule has 0 radical (unpaired) electrons. The van der Waals surface area contributed by atoms with Gasteiger partial charge in [0.25, 0.3) is 0 Å². The van der Waals surface area contributed by atoms with E-state index in [0.29, 0.717) is 6.42 Å². The Balaban J connectivity index is 2.41. The van der Waals surface area contributed by atoms with Gasteiger partial charge in [0.05, 0.1) is 12.6 Å². The van der Waals surface area contributed by atoms with Crippen molar-refractivity contribution in [3.05, 3.63) is 18.2 Å². The van der Waals surface area contributed by atoms with Crippen molar-refractivity contribution in [2.75, 3.05) is 13.6 Å². The van der Waals surface area contributed by atoms with Crippen LogP contribution in [0.2, 0.25) is 0 Å². The van der Waals surface area contributed by atoms with E-state index in [-0.39, 0.29) is 18.0 Å². The summed E-state index contributed by atoms with van der Waals surface area (Å²) in [5, 5.41) is 3.18. The molecule has 1 aromatic heterocycles. The summed E-state index contributed by atoms with van der Waals surface area (Å²) in [6.07, 6.45) is 4.42. The van der Waals surface area contributed by atoms with Crippen molar-refractivity contribution in [2.45, 2.75) is 38.9 Å². The SMILES string of the molecule is CC(C)NC(CCN(C)Cc1nccn1C)C(N)=O. The highest BCUT2D eigenvalue weighted by atomic mass is 16.1. The predicted molar refractivity (Wildman–Crippen MR) is 75.4 cm³/mol. The zero-order valence-electron chi connectivity index (χ0n) is 12.3. The molecule has 0 aromatic carbocycles. The molecule has 0 fully saturated rings. The van der Waals surface area contributed by atoms with E-state index >= 15 is 0 Å². The van der Waals surface area contributed by atoms with Gasteiger partial charge in [0.15, 0.2) is 0 Å². The van der Waals surface area contributed by atoms with Gasteiger partial charge in [-0.25, -0.2) is 4.98 Å². The Morgan fingerprint density at radius 2 is 2.26 bits per heavy atom. The molecule has 1 amide bonds. The highest BCUT2D eigenvalue weighted by molar-refractivity contribution is 5.79. The number of nitrogens with zero attached hydrogens (tertiary/aromatic N) is 3. The van der Waals surface area contributed by atoms with Crippen LogP contribution in [0.25, 0.3) is 0 Å². The molecule has 0 aliphatic carbocycles. The van der Waals surface area contributed by atoms with E-state index in [4.69, 9.17) is 5.73 Å². The molecule has 0 bridgehead atoms. The minimum absolute atomic E-state index is 0.248. The molecule has 1 heterocycles. The summed E-state index contributed by atoms with van der Waals surface area (Å²) in [7, 11) is 3.99.